The lowest BCUT2D eigenvalue weighted by Gasteiger charge is -2.26. The van der Waals surface area contributed by atoms with Crippen molar-refractivity contribution in [3.63, 3.8) is 0 Å². The van der Waals surface area contributed by atoms with E-state index in [0.29, 0.717) is 69.0 Å². The Morgan fingerprint density at radius 2 is 1.87 bits per heavy atom. The van der Waals surface area contributed by atoms with E-state index in [0.717, 1.165) is 5.56 Å². The topological polar surface area (TPSA) is 71.4 Å². The van der Waals surface area contributed by atoms with Gasteiger partial charge in [-0.05, 0) is 60.3 Å². The summed E-state index contributed by atoms with van der Waals surface area (Å²) in [5, 5.41) is 1.64. The standard InChI is InChI=1S/C29H25Cl2N3O4S/c1-33-28(36)26(17-21-15-22(30)9-10-25(21)38-18-20-5-2-3-8-24(20)31)39-29(33)32-23-7-4-6-19(16-23)27(35)34-11-13-37-14-12-34/h2-10,15-17H,11-14,18H2,1H3/b26-17+,32-29?. The molecule has 3 aromatic rings. The van der Waals surface area contributed by atoms with Crippen molar-refractivity contribution in [3.8, 4) is 5.75 Å². The molecule has 0 unspecified atom stereocenters. The van der Waals surface area contributed by atoms with Crippen LogP contribution in [0.1, 0.15) is 21.5 Å². The Balaban J connectivity index is 1.36. The summed E-state index contributed by atoms with van der Waals surface area (Å²) in [5.41, 5.74) is 2.65. The third-order valence-corrected chi connectivity index (χ3v) is 7.88. The van der Waals surface area contributed by atoms with E-state index < -0.39 is 0 Å². The Morgan fingerprint density at radius 1 is 1.08 bits per heavy atom. The summed E-state index contributed by atoms with van der Waals surface area (Å²) in [6.45, 7) is 2.46. The summed E-state index contributed by atoms with van der Waals surface area (Å²) < 4.78 is 11.4. The molecule has 3 aromatic carbocycles. The average Bonchev–Trinajstić information content (AvgIpc) is 3.21. The van der Waals surface area contributed by atoms with Crippen molar-refractivity contribution in [2.24, 2.45) is 4.99 Å². The van der Waals surface area contributed by atoms with Crippen molar-refractivity contribution in [2.75, 3.05) is 33.4 Å². The molecule has 0 saturated carbocycles. The molecule has 2 aliphatic rings. The van der Waals surface area contributed by atoms with Crippen molar-refractivity contribution in [1.82, 2.24) is 9.80 Å². The second kappa shape index (κ2) is 12.3. The first-order valence-corrected chi connectivity index (χ1v) is 13.9. The quantitative estimate of drug-likeness (QED) is 0.320. The summed E-state index contributed by atoms with van der Waals surface area (Å²) in [6.07, 6.45) is 1.75. The smallest absolute Gasteiger partial charge is 0.266 e. The number of nitrogens with zero attached hydrogens (tertiary/aromatic N) is 3. The molecule has 2 amide bonds. The van der Waals surface area contributed by atoms with Crippen LogP contribution in [0.25, 0.3) is 6.08 Å². The van der Waals surface area contributed by atoms with Crippen LogP contribution in [-0.2, 0) is 16.1 Å². The molecule has 2 aliphatic heterocycles. The molecular formula is C29H25Cl2N3O4S. The Morgan fingerprint density at radius 3 is 2.67 bits per heavy atom. The zero-order valence-electron chi connectivity index (χ0n) is 21.1. The van der Waals surface area contributed by atoms with Crippen LogP contribution in [0.5, 0.6) is 5.75 Å². The predicted molar refractivity (Wildman–Crippen MR) is 156 cm³/mol. The van der Waals surface area contributed by atoms with E-state index in [1.54, 1.807) is 60.5 Å². The number of hydrogen-bond acceptors (Lipinski definition) is 6. The first kappa shape index (κ1) is 27.3. The number of carbonyl (C=O) groups is 2. The minimum atomic E-state index is -0.198. The van der Waals surface area contributed by atoms with Crippen LogP contribution in [0.15, 0.2) is 76.6 Å². The van der Waals surface area contributed by atoms with Crippen molar-refractivity contribution in [1.29, 1.82) is 0 Å². The van der Waals surface area contributed by atoms with Crippen LogP contribution in [-0.4, -0.2) is 60.1 Å². The molecule has 2 heterocycles. The molecule has 0 aliphatic carbocycles. The Hall–Kier alpha value is -3.30. The van der Waals surface area contributed by atoms with Gasteiger partial charge in [0.2, 0.25) is 0 Å². The maximum absolute atomic E-state index is 13.1. The Labute approximate surface area is 241 Å². The van der Waals surface area contributed by atoms with Gasteiger partial charge < -0.3 is 14.4 Å². The lowest BCUT2D eigenvalue weighted by molar-refractivity contribution is -0.121. The highest BCUT2D eigenvalue weighted by molar-refractivity contribution is 8.18. The van der Waals surface area contributed by atoms with Gasteiger partial charge in [0, 0.05) is 46.9 Å². The lowest BCUT2D eigenvalue weighted by Crippen LogP contribution is -2.40. The van der Waals surface area contributed by atoms with Crippen molar-refractivity contribution in [3.05, 3.63) is 98.4 Å². The monoisotopic (exact) mass is 581 g/mol. The van der Waals surface area contributed by atoms with Gasteiger partial charge in [-0.3, -0.25) is 14.5 Å². The fourth-order valence-electron chi connectivity index (χ4n) is 4.10. The number of thioether (sulfide) groups is 1. The molecule has 0 radical (unpaired) electrons. The van der Waals surface area contributed by atoms with Crippen molar-refractivity contribution >= 4 is 63.7 Å². The Kier molecular flexibility index (Phi) is 8.57. The number of amidine groups is 1. The van der Waals surface area contributed by atoms with Gasteiger partial charge in [-0.2, -0.15) is 0 Å². The first-order chi connectivity index (χ1) is 18.9. The van der Waals surface area contributed by atoms with Gasteiger partial charge in [0.05, 0.1) is 23.8 Å². The summed E-state index contributed by atoms with van der Waals surface area (Å²) in [6, 6.07) is 19.8. The molecule has 0 atom stereocenters. The van der Waals surface area contributed by atoms with Crippen LogP contribution in [0, 0.1) is 0 Å². The molecule has 0 aromatic heterocycles. The second-order valence-electron chi connectivity index (χ2n) is 8.89. The highest BCUT2D eigenvalue weighted by Gasteiger charge is 2.31. The van der Waals surface area contributed by atoms with Crippen molar-refractivity contribution in [2.45, 2.75) is 6.61 Å². The van der Waals surface area contributed by atoms with E-state index in [2.05, 4.69) is 4.99 Å². The SMILES string of the molecule is CN1C(=O)/C(=C\c2cc(Cl)ccc2OCc2ccccc2Cl)SC1=Nc1cccc(C(=O)N2CCOCC2)c1. The molecule has 200 valence electrons. The first-order valence-electron chi connectivity index (χ1n) is 12.3. The van der Waals surface area contributed by atoms with E-state index in [4.69, 9.17) is 32.7 Å². The van der Waals surface area contributed by atoms with Gasteiger partial charge in [0.25, 0.3) is 11.8 Å². The van der Waals surface area contributed by atoms with Gasteiger partial charge in [-0.1, -0.05) is 47.5 Å². The van der Waals surface area contributed by atoms with Gasteiger partial charge in [-0.25, -0.2) is 4.99 Å². The second-order valence-corrected chi connectivity index (χ2v) is 10.7. The summed E-state index contributed by atoms with van der Waals surface area (Å²) in [4.78, 5) is 34.4. The fraction of sp³-hybridized carbons (Fsp3) is 0.207. The van der Waals surface area contributed by atoms with E-state index in [1.807, 2.05) is 24.3 Å². The number of amides is 2. The molecule has 0 N–H and O–H groups in total. The zero-order valence-corrected chi connectivity index (χ0v) is 23.4. The van der Waals surface area contributed by atoms with Gasteiger partial charge in [0.15, 0.2) is 5.17 Å². The van der Waals surface area contributed by atoms with Crippen LogP contribution in [0.2, 0.25) is 10.0 Å². The van der Waals surface area contributed by atoms with E-state index >= 15 is 0 Å². The molecule has 2 fully saturated rings. The number of rotatable bonds is 6. The number of aliphatic imine (C=N–C) groups is 1. The highest BCUT2D eigenvalue weighted by atomic mass is 35.5. The number of halogens is 2. The van der Waals surface area contributed by atoms with Gasteiger partial charge >= 0.3 is 0 Å². The van der Waals surface area contributed by atoms with Crippen LogP contribution < -0.4 is 4.74 Å². The summed E-state index contributed by atoms with van der Waals surface area (Å²) in [7, 11) is 1.67. The molecule has 5 rings (SSSR count). The van der Waals surface area contributed by atoms with Crippen LogP contribution >= 0.6 is 35.0 Å². The largest absolute Gasteiger partial charge is 0.488 e. The molecule has 10 heteroatoms. The van der Waals surface area contributed by atoms with Gasteiger partial charge in [0.1, 0.15) is 12.4 Å². The summed E-state index contributed by atoms with van der Waals surface area (Å²) in [5.74, 6) is 0.314. The predicted octanol–water partition coefficient (Wildman–Crippen LogP) is 6.28. The average molecular weight is 583 g/mol. The maximum Gasteiger partial charge on any atom is 0.266 e. The molecule has 39 heavy (non-hydrogen) atoms. The maximum atomic E-state index is 13.1. The normalized spacial score (nSPS) is 17.8. The number of ether oxygens (including phenoxy) is 2. The van der Waals surface area contributed by atoms with Gasteiger partial charge in [-0.15, -0.1) is 0 Å². The third kappa shape index (κ3) is 6.47. The van der Waals surface area contributed by atoms with Crippen LogP contribution in [0.4, 0.5) is 5.69 Å². The molecule has 2 saturated heterocycles. The Bertz CT molecular complexity index is 1470. The highest BCUT2D eigenvalue weighted by Crippen LogP contribution is 2.36. The van der Waals surface area contributed by atoms with Crippen LogP contribution in [0.3, 0.4) is 0 Å². The molecular weight excluding hydrogens is 557 g/mol. The molecule has 7 nitrogen and oxygen atoms in total. The summed E-state index contributed by atoms with van der Waals surface area (Å²) >= 11 is 13.8. The molecule has 0 spiro atoms. The number of morpholine rings is 1. The zero-order chi connectivity index (χ0) is 27.4. The van der Waals surface area contributed by atoms with E-state index in [1.165, 1.54) is 16.7 Å². The number of hydrogen-bond donors (Lipinski definition) is 0. The number of carbonyl (C=O) groups excluding carboxylic acids is 2. The minimum absolute atomic E-state index is 0.0604. The van der Waals surface area contributed by atoms with E-state index in [9.17, 15) is 9.59 Å². The fourth-order valence-corrected chi connectivity index (χ4v) is 5.44. The minimum Gasteiger partial charge on any atom is -0.488 e. The third-order valence-electron chi connectivity index (χ3n) is 6.22. The van der Waals surface area contributed by atoms with Crippen molar-refractivity contribution < 1.29 is 19.1 Å². The van der Waals surface area contributed by atoms with E-state index in [-0.39, 0.29) is 18.4 Å². The lowest BCUT2D eigenvalue weighted by atomic mass is 10.1. The molecule has 0 bridgehead atoms. The number of benzene rings is 3. The number of likely N-dealkylation sites (N-methyl/N-ethyl adjacent to an activating group) is 1.